The zero-order valence-corrected chi connectivity index (χ0v) is 21.5. The summed E-state index contributed by atoms with van der Waals surface area (Å²) in [6, 6.07) is 15.9. The number of likely N-dealkylation sites (N-methyl/N-ethyl adjacent to an activating group) is 1. The Balaban J connectivity index is 1.40. The predicted octanol–water partition coefficient (Wildman–Crippen LogP) is 3.78. The molecule has 38 heavy (non-hydrogen) atoms. The van der Waals surface area contributed by atoms with Crippen LogP contribution in [0.3, 0.4) is 0 Å². The summed E-state index contributed by atoms with van der Waals surface area (Å²) in [6.45, 7) is 5.83. The second kappa shape index (κ2) is 9.61. The second-order valence-corrected chi connectivity index (χ2v) is 10.2. The Bertz CT molecular complexity index is 1410. The van der Waals surface area contributed by atoms with Crippen LogP contribution in [0.5, 0.6) is 5.75 Å². The van der Waals surface area contributed by atoms with Crippen molar-refractivity contribution in [3.05, 3.63) is 89.3 Å². The molecule has 0 radical (unpaired) electrons. The third kappa shape index (κ3) is 4.20. The topological polar surface area (TPSA) is 86.2 Å². The van der Waals surface area contributed by atoms with Gasteiger partial charge in [-0.05, 0) is 73.6 Å². The number of anilines is 2. The number of rotatable bonds is 4. The molecule has 0 bridgehead atoms. The average molecular weight is 511 g/mol. The van der Waals surface area contributed by atoms with Crippen LogP contribution in [-0.4, -0.2) is 66.0 Å². The summed E-state index contributed by atoms with van der Waals surface area (Å²) in [5, 5.41) is 11.4. The van der Waals surface area contributed by atoms with Crippen LogP contribution in [0.15, 0.2) is 72.6 Å². The molecule has 6 rings (SSSR count). The molecule has 2 fully saturated rings. The Labute approximate surface area is 221 Å². The largest absolute Gasteiger partial charge is 0.507 e. The number of aliphatic hydroxyl groups is 1. The van der Waals surface area contributed by atoms with Crippen molar-refractivity contribution in [2.45, 2.75) is 25.5 Å². The van der Waals surface area contributed by atoms with Gasteiger partial charge in [-0.3, -0.25) is 19.5 Å². The summed E-state index contributed by atoms with van der Waals surface area (Å²) >= 11 is 0. The summed E-state index contributed by atoms with van der Waals surface area (Å²) in [5.74, 6) is -0.814. The molecule has 0 spiro atoms. The highest BCUT2D eigenvalue weighted by molar-refractivity contribution is 6.51. The van der Waals surface area contributed by atoms with Crippen LogP contribution in [0.2, 0.25) is 0 Å². The van der Waals surface area contributed by atoms with E-state index < -0.39 is 17.7 Å². The van der Waals surface area contributed by atoms with Gasteiger partial charge in [-0.2, -0.15) is 0 Å². The third-order valence-corrected chi connectivity index (χ3v) is 7.61. The van der Waals surface area contributed by atoms with E-state index in [0.717, 1.165) is 49.6 Å². The summed E-state index contributed by atoms with van der Waals surface area (Å²) < 4.78 is 5.79. The number of ether oxygens (including phenoxy) is 1. The SMILES string of the molecule is CC1Cc2cc(/C(O)=C3/C(=O)C(=O)N(c4ccc(N5CCN(C)CC5)cc4)C3c3cccnc3)ccc2O1. The lowest BCUT2D eigenvalue weighted by atomic mass is 9.95. The van der Waals surface area contributed by atoms with E-state index in [4.69, 9.17) is 4.74 Å². The molecule has 3 aliphatic heterocycles. The minimum absolute atomic E-state index is 0.0530. The zero-order chi connectivity index (χ0) is 26.4. The highest BCUT2D eigenvalue weighted by Gasteiger charge is 2.47. The lowest BCUT2D eigenvalue weighted by Crippen LogP contribution is -2.44. The molecule has 2 aromatic carbocycles. The highest BCUT2D eigenvalue weighted by Crippen LogP contribution is 2.43. The Morgan fingerprint density at radius 2 is 1.74 bits per heavy atom. The molecule has 1 amide bonds. The number of hydrogen-bond donors (Lipinski definition) is 1. The van der Waals surface area contributed by atoms with Crippen LogP contribution in [-0.2, 0) is 16.0 Å². The smallest absolute Gasteiger partial charge is 0.300 e. The number of nitrogens with zero attached hydrogens (tertiary/aromatic N) is 4. The van der Waals surface area contributed by atoms with Crippen LogP contribution >= 0.6 is 0 Å². The fourth-order valence-electron chi connectivity index (χ4n) is 5.57. The molecule has 0 saturated carbocycles. The minimum Gasteiger partial charge on any atom is -0.507 e. The first-order chi connectivity index (χ1) is 18.4. The molecule has 1 aromatic heterocycles. The second-order valence-electron chi connectivity index (χ2n) is 10.2. The maximum absolute atomic E-state index is 13.5. The quantitative estimate of drug-likeness (QED) is 0.325. The molecule has 2 saturated heterocycles. The molecular formula is C30H30N4O4. The van der Waals surface area contributed by atoms with E-state index in [2.05, 4.69) is 21.8 Å². The van der Waals surface area contributed by atoms with E-state index in [0.29, 0.717) is 16.8 Å². The van der Waals surface area contributed by atoms with E-state index in [1.165, 1.54) is 4.90 Å². The van der Waals surface area contributed by atoms with Crippen molar-refractivity contribution in [2.24, 2.45) is 0 Å². The number of fused-ring (bicyclic) bond motifs is 1. The molecule has 8 nitrogen and oxygen atoms in total. The number of hydrogen-bond acceptors (Lipinski definition) is 7. The van der Waals surface area contributed by atoms with E-state index >= 15 is 0 Å². The van der Waals surface area contributed by atoms with Crippen molar-refractivity contribution in [1.29, 1.82) is 0 Å². The number of pyridine rings is 1. The van der Waals surface area contributed by atoms with Crippen molar-refractivity contribution in [1.82, 2.24) is 9.88 Å². The first-order valence-electron chi connectivity index (χ1n) is 12.9. The number of amides is 1. The first-order valence-corrected chi connectivity index (χ1v) is 12.9. The fourth-order valence-corrected chi connectivity index (χ4v) is 5.57. The molecule has 8 heteroatoms. The summed E-state index contributed by atoms with van der Waals surface area (Å²) in [6.07, 6.45) is 4.05. The number of carbonyl (C=O) groups is 2. The minimum atomic E-state index is -0.804. The number of aliphatic hydroxyl groups excluding tert-OH is 1. The number of benzene rings is 2. The van der Waals surface area contributed by atoms with Crippen molar-refractivity contribution in [3.8, 4) is 5.75 Å². The van der Waals surface area contributed by atoms with Gasteiger partial charge in [0, 0.05) is 61.9 Å². The molecule has 2 unspecified atom stereocenters. The van der Waals surface area contributed by atoms with Gasteiger partial charge in [0.25, 0.3) is 11.7 Å². The van der Waals surface area contributed by atoms with Gasteiger partial charge in [0.2, 0.25) is 0 Å². The molecule has 0 aliphatic carbocycles. The number of ketones is 1. The summed E-state index contributed by atoms with van der Waals surface area (Å²) in [7, 11) is 2.12. The molecule has 3 aromatic rings. The van der Waals surface area contributed by atoms with Gasteiger partial charge in [0.15, 0.2) is 0 Å². The van der Waals surface area contributed by atoms with Crippen LogP contribution in [0.4, 0.5) is 11.4 Å². The van der Waals surface area contributed by atoms with Crippen LogP contribution in [0.25, 0.3) is 5.76 Å². The normalized spacial score (nSPS) is 23.0. The summed E-state index contributed by atoms with van der Waals surface area (Å²) in [5.41, 5.74) is 3.82. The Kier molecular flexibility index (Phi) is 6.12. The first kappa shape index (κ1) is 24.2. The predicted molar refractivity (Wildman–Crippen MR) is 145 cm³/mol. The Morgan fingerprint density at radius 1 is 1.00 bits per heavy atom. The third-order valence-electron chi connectivity index (χ3n) is 7.61. The molecule has 4 heterocycles. The van der Waals surface area contributed by atoms with Crippen LogP contribution in [0, 0.1) is 0 Å². The molecule has 3 aliphatic rings. The molecule has 194 valence electrons. The van der Waals surface area contributed by atoms with Gasteiger partial charge in [-0.1, -0.05) is 6.07 Å². The number of carbonyl (C=O) groups excluding carboxylic acids is 2. The maximum Gasteiger partial charge on any atom is 0.300 e. The fraction of sp³-hybridized carbons (Fsp3) is 0.300. The lowest BCUT2D eigenvalue weighted by molar-refractivity contribution is -0.132. The average Bonchev–Trinajstić information content (AvgIpc) is 3.44. The number of aromatic nitrogens is 1. The van der Waals surface area contributed by atoms with Gasteiger partial charge >= 0.3 is 0 Å². The van der Waals surface area contributed by atoms with Gasteiger partial charge in [-0.25, -0.2) is 0 Å². The van der Waals surface area contributed by atoms with Crippen LogP contribution in [0.1, 0.15) is 29.7 Å². The van der Waals surface area contributed by atoms with E-state index in [-0.39, 0.29) is 17.4 Å². The van der Waals surface area contributed by atoms with Crippen molar-refractivity contribution < 1.29 is 19.4 Å². The van der Waals surface area contributed by atoms with Gasteiger partial charge in [0.1, 0.15) is 17.6 Å². The number of piperazine rings is 1. The molecular weight excluding hydrogens is 480 g/mol. The summed E-state index contributed by atoms with van der Waals surface area (Å²) in [4.78, 5) is 37.2. The van der Waals surface area contributed by atoms with Gasteiger partial charge < -0.3 is 19.6 Å². The van der Waals surface area contributed by atoms with E-state index in [1.54, 1.807) is 30.6 Å². The van der Waals surface area contributed by atoms with Crippen molar-refractivity contribution in [2.75, 3.05) is 43.0 Å². The Hall–Kier alpha value is -4.17. The van der Waals surface area contributed by atoms with Gasteiger partial charge in [-0.15, -0.1) is 0 Å². The lowest BCUT2D eigenvalue weighted by Gasteiger charge is -2.34. The van der Waals surface area contributed by atoms with Crippen molar-refractivity contribution >= 4 is 28.8 Å². The Morgan fingerprint density at radius 3 is 2.45 bits per heavy atom. The van der Waals surface area contributed by atoms with Crippen LogP contribution < -0.4 is 14.5 Å². The molecule has 2 atom stereocenters. The standard InChI is InChI=1S/C30H30N4O4/c1-19-16-22-17-20(5-10-25(22)38-19)28(35)26-27(21-4-3-11-31-18-21)34(30(37)29(26)36)24-8-6-23(7-9-24)33-14-12-32(2)13-15-33/h3-11,17-19,27,35H,12-16H2,1-2H3/b28-26-. The molecule has 1 N–H and O–H groups in total. The maximum atomic E-state index is 13.5. The zero-order valence-electron chi connectivity index (χ0n) is 21.5. The monoisotopic (exact) mass is 510 g/mol. The highest BCUT2D eigenvalue weighted by atomic mass is 16.5. The van der Waals surface area contributed by atoms with Gasteiger partial charge in [0.05, 0.1) is 11.6 Å². The van der Waals surface area contributed by atoms with E-state index in [1.807, 2.05) is 43.3 Å². The number of Topliss-reactive ketones (excluding diaryl/α,β-unsaturated/α-hetero) is 1. The van der Waals surface area contributed by atoms with E-state index in [9.17, 15) is 14.7 Å². The van der Waals surface area contributed by atoms with Crippen molar-refractivity contribution in [3.63, 3.8) is 0 Å².